The Hall–Kier alpha value is -1.93. The van der Waals surface area contributed by atoms with Crippen LogP contribution in [0.5, 0.6) is 0 Å². The number of aromatic nitrogens is 2. The predicted octanol–water partition coefficient (Wildman–Crippen LogP) is 2.96. The van der Waals surface area contributed by atoms with Crippen molar-refractivity contribution >= 4 is 16.0 Å². The number of nitrogens with one attached hydrogen (secondary N) is 2. The molecular weight excluding hydrogens is 352 g/mol. The molecule has 1 aromatic carbocycles. The first kappa shape index (κ1) is 18.8. The Morgan fingerprint density at radius 2 is 1.92 bits per heavy atom. The van der Waals surface area contributed by atoms with Crippen molar-refractivity contribution in [2.24, 2.45) is 5.92 Å². The monoisotopic (exact) mass is 378 g/mol. The van der Waals surface area contributed by atoms with E-state index in [1.807, 2.05) is 31.2 Å². The number of aryl methyl sites for hydroxylation is 1. The van der Waals surface area contributed by atoms with Crippen molar-refractivity contribution in [1.82, 2.24) is 14.9 Å². The van der Waals surface area contributed by atoms with Crippen molar-refractivity contribution in [3.05, 3.63) is 29.8 Å². The fourth-order valence-electron chi connectivity index (χ4n) is 3.25. The van der Waals surface area contributed by atoms with Gasteiger partial charge in [0.15, 0.2) is 0 Å². The highest BCUT2D eigenvalue weighted by molar-refractivity contribution is 7.89. The van der Waals surface area contributed by atoms with E-state index in [9.17, 15) is 8.42 Å². The van der Waals surface area contributed by atoms with Crippen molar-refractivity contribution in [3.8, 4) is 11.4 Å². The van der Waals surface area contributed by atoms with Crippen LogP contribution in [0.2, 0.25) is 0 Å². The van der Waals surface area contributed by atoms with Crippen LogP contribution < -0.4 is 10.0 Å². The number of nitrogens with zero attached hydrogens (tertiary/aromatic N) is 2. The first-order valence-corrected chi connectivity index (χ1v) is 10.8. The Balaban J connectivity index is 1.50. The van der Waals surface area contributed by atoms with E-state index in [0.29, 0.717) is 24.3 Å². The number of hydrogen-bond acceptors (Lipinski definition) is 6. The summed E-state index contributed by atoms with van der Waals surface area (Å²) in [4.78, 5) is 4.45. The fraction of sp³-hybridized carbons (Fsp3) is 0.556. The molecule has 0 bridgehead atoms. The SMILES string of the molecule is CCS(=O)(=O)NC[C@H]1CC[C@H](Nc2nc(-c3ccccc3C)no2)CC1. The molecular formula is C18H26N4O3S. The lowest BCUT2D eigenvalue weighted by Crippen LogP contribution is -2.34. The summed E-state index contributed by atoms with van der Waals surface area (Å²) < 4.78 is 31.1. The molecule has 26 heavy (non-hydrogen) atoms. The van der Waals surface area contributed by atoms with Crippen LogP contribution in [0, 0.1) is 12.8 Å². The van der Waals surface area contributed by atoms with E-state index in [1.165, 1.54) is 0 Å². The molecule has 1 fully saturated rings. The van der Waals surface area contributed by atoms with Crippen LogP contribution in [0.4, 0.5) is 6.01 Å². The van der Waals surface area contributed by atoms with Gasteiger partial charge in [0.2, 0.25) is 15.8 Å². The summed E-state index contributed by atoms with van der Waals surface area (Å²) in [6, 6.07) is 8.66. The van der Waals surface area contributed by atoms with Crippen molar-refractivity contribution < 1.29 is 12.9 Å². The molecule has 1 heterocycles. The Morgan fingerprint density at radius 1 is 1.19 bits per heavy atom. The van der Waals surface area contributed by atoms with Gasteiger partial charge in [0.05, 0.1) is 5.75 Å². The molecule has 0 unspecified atom stereocenters. The van der Waals surface area contributed by atoms with E-state index in [-0.39, 0.29) is 11.8 Å². The van der Waals surface area contributed by atoms with Crippen LogP contribution in [0.25, 0.3) is 11.4 Å². The maximum absolute atomic E-state index is 11.5. The average molecular weight is 378 g/mol. The van der Waals surface area contributed by atoms with E-state index < -0.39 is 10.0 Å². The van der Waals surface area contributed by atoms with E-state index in [2.05, 4.69) is 20.2 Å². The second kappa shape index (κ2) is 8.18. The van der Waals surface area contributed by atoms with E-state index in [1.54, 1.807) is 6.92 Å². The number of benzene rings is 1. The first-order chi connectivity index (χ1) is 12.5. The highest BCUT2D eigenvalue weighted by Gasteiger charge is 2.23. The predicted molar refractivity (Wildman–Crippen MR) is 101 cm³/mol. The highest BCUT2D eigenvalue weighted by atomic mass is 32.2. The normalized spacial score (nSPS) is 20.8. The van der Waals surface area contributed by atoms with Crippen LogP contribution in [-0.2, 0) is 10.0 Å². The summed E-state index contributed by atoms with van der Waals surface area (Å²) in [5, 5.41) is 7.38. The minimum Gasteiger partial charge on any atom is -0.335 e. The van der Waals surface area contributed by atoms with Gasteiger partial charge in [0, 0.05) is 18.2 Å². The summed E-state index contributed by atoms with van der Waals surface area (Å²) in [5.74, 6) is 1.11. The molecule has 0 spiro atoms. The average Bonchev–Trinajstić information content (AvgIpc) is 3.10. The molecule has 1 aliphatic rings. The second-order valence-corrected chi connectivity index (χ2v) is 8.95. The van der Waals surface area contributed by atoms with Crippen molar-refractivity contribution in [2.75, 3.05) is 17.6 Å². The van der Waals surface area contributed by atoms with Gasteiger partial charge in [-0.25, -0.2) is 13.1 Å². The zero-order valence-electron chi connectivity index (χ0n) is 15.2. The van der Waals surface area contributed by atoms with Crippen LogP contribution in [0.15, 0.2) is 28.8 Å². The van der Waals surface area contributed by atoms with Crippen molar-refractivity contribution in [2.45, 2.75) is 45.6 Å². The Morgan fingerprint density at radius 3 is 2.62 bits per heavy atom. The van der Waals surface area contributed by atoms with Crippen LogP contribution in [0.3, 0.4) is 0 Å². The molecule has 7 nitrogen and oxygen atoms in total. The third kappa shape index (κ3) is 4.82. The van der Waals surface area contributed by atoms with Crippen molar-refractivity contribution in [3.63, 3.8) is 0 Å². The van der Waals surface area contributed by atoms with Gasteiger partial charge in [0.25, 0.3) is 0 Å². The number of anilines is 1. The minimum absolute atomic E-state index is 0.129. The maximum atomic E-state index is 11.5. The third-order valence-electron chi connectivity index (χ3n) is 4.96. The topological polar surface area (TPSA) is 97.1 Å². The second-order valence-electron chi connectivity index (χ2n) is 6.85. The summed E-state index contributed by atoms with van der Waals surface area (Å²) in [6.07, 6.45) is 3.87. The summed E-state index contributed by atoms with van der Waals surface area (Å²) in [5.41, 5.74) is 2.08. The lowest BCUT2D eigenvalue weighted by atomic mass is 9.86. The largest absolute Gasteiger partial charge is 0.335 e. The quantitative estimate of drug-likeness (QED) is 0.769. The van der Waals surface area contributed by atoms with Gasteiger partial charge in [0.1, 0.15) is 0 Å². The van der Waals surface area contributed by atoms with Crippen molar-refractivity contribution in [1.29, 1.82) is 0 Å². The Bertz CT molecular complexity index is 826. The highest BCUT2D eigenvalue weighted by Crippen LogP contribution is 2.27. The van der Waals surface area contributed by atoms with E-state index in [4.69, 9.17) is 4.52 Å². The molecule has 2 N–H and O–H groups in total. The molecule has 1 saturated carbocycles. The molecule has 1 aromatic heterocycles. The zero-order valence-corrected chi connectivity index (χ0v) is 16.1. The van der Waals surface area contributed by atoms with Gasteiger partial charge in [-0.05, 0) is 51.0 Å². The van der Waals surface area contributed by atoms with E-state index in [0.717, 1.165) is 36.8 Å². The molecule has 1 aliphatic carbocycles. The summed E-state index contributed by atoms with van der Waals surface area (Å²) in [7, 11) is -3.11. The maximum Gasteiger partial charge on any atom is 0.322 e. The number of sulfonamides is 1. The third-order valence-corrected chi connectivity index (χ3v) is 6.32. The van der Waals surface area contributed by atoms with Gasteiger partial charge in [-0.1, -0.05) is 29.4 Å². The molecule has 0 atom stereocenters. The van der Waals surface area contributed by atoms with Gasteiger partial charge in [-0.3, -0.25) is 0 Å². The van der Waals surface area contributed by atoms with Gasteiger partial charge >= 0.3 is 6.01 Å². The Kier molecular flexibility index (Phi) is 5.93. The Labute approximate surface area is 154 Å². The number of rotatable bonds is 7. The summed E-state index contributed by atoms with van der Waals surface area (Å²) >= 11 is 0. The van der Waals surface area contributed by atoms with E-state index >= 15 is 0 Å². The first-order valence-electron chi connectivity index (χ1n) is 9.10. The van der Waals surface area contributed by atoms with Gasteiger partial charge in [-0.15, -0.1) is 0 Å². The zero-order chi connectivity index (χ0) is 18.6. The van der Waals surface area contributed by atoms with Gasteiger partial charge in [-0.2, -0.15) is 4.98 Å². The molecule has 142 valence electrons. The molecule has 8 heteroatoms. The summed E-state index contributed by atoms with van der Waals surface area (Å²) in [6.45, 7) is 4.20. The molecule has 0 radical (unpaired) electrons. The standard InChI is InChI=1S/C18H26N4O3S/c1-3-26(23,24)19-12-14-8-10-15(11-9-14)20-18-21-17(22-25-18)16-7-5-4-6-13(16)2/h4-7,14-15,19H,3,8-12H2,1-2H3,(H,20,21,22)/t14-,15-. The lowest BCUT2D eigenvalue weighted by Gasteiger charge is -2.28. The lowest BCUT2D eigenvalue weighted by molar-refractivity contribution is 0.330. The molecule has 0 saturated heterocycles. The smallest absolute Gasteiger partial charge is 0.322 e. The molecule has 3 rings (SSSR count). The number of hydrogen-bond donors (Lipinski definition) is 2. The van der Waals surface area contributed by atoms with Crippen LogP contribution >= 0.6 is 0 Å². The molecule has 0 aliphatic heterocycles. The molecule has 2 aromatic rings. The van der Waals surface area contributed by atoms with Crippen LogP contribution in [-0.4, -0.2) is 36.9 Å². The van der Waals surface area contributed by atoms with Crippen LogP contribution in [0.1, 0.15) is 38.2 Å². The molecule has 0 amide bonds. The van der Waals surface area contributed by atoms with Gasteiger partial charge < -0.3 is 9.84 Å². The minimum atomic E-state index is -3.11. The fourth-order valence-corrected chi connectivity index (χ4v) is 3.94.